The summed E-state index contributed by atoms with van der Waals surface area (Å²) < 4.78 is 0. The molecular formula is C15H24N2. The Morgan fingerprint density at radius 3 is 2.53 bits per heavy atom. The van der Waals surface area contributed by atoms with Gasteiger partial charge in [0.15, 0.2) is 0 Å². The number of nitrogens with one attached hydrogen (secondary N) is 2. The normalized spacial score (nSPS) is 19.6. The molecule has 1 heterocycles. The van der Waals surface area contributed by atoms with Gasteiger partial charge in [0.05, 0.1) is 0 Å². The molecule has 0 bridgehead atoms. The zero-order valence-corrected chi connectivity index (χ0v) is 11.3. The second kappa shape index (κ2) is 5.54. The van der Waals surface area contributed by atoms with Crippen molar-refractivity contribution in [2.24, 2.45) is 5.92 Å². The minimum atomic E-state index is 0.869. The third-order valence-corrected chi connectivity index (χ3v) is 3.69. The first kappa shape index (κ1) is 12.4. The van der Waals surface area contributed by atoms with E-state index < -0.39 is 0 Å². The van der Waals surface area contributed by atoms with E-state index in [4.69, 9.17) is 0 Å². The minimum absolute atomic E-state index is 0.869. The molecule has 1 saturated heterocycles. The van der Waals surface area contributed by atoms with E-state index >= 15 is 0 Å². The van der Waals surface area contributed by atoms with Gasteiger partial charge in [0.2, 0.25) is 0 Å². The van der Waals surface area contributed by atoms with Crippen LogP contribution in [-0.2, 0) is 0 Å². The van der Waals surface area contributed by atoms with Crippen LogP contribution >= 0.6 is 0 Å². The molecule has 1 aliphatic rings. The van der Waals surface area contributed by atoms with E-state index in [1.807, 2.05) is 0 Å². The van der Waals surface area contributed by atoms with E-state index in [1.165, 1.54) is 48.3 Å². The maximum atomic E-state index is 3.61. The molecule has 0 aliphatic carbocycles. The Morgan fingerprint density at radius 2 is 1.94 bits per heavy atom. The molecule has 1 aromatic rings. The smallest absolute Gasteiger partial charge is 0.0399 e. The second-order valence-electron chi connectivity index (χ2n) is 5.35. The lowest BCUT2D eigenvalue weighted by atomic mass is 10.0. The summed E-state index contributed by atoms with van der Waals surface area (Å²) in [5, 5.41) is 7.03. The first-order valence-electron chi connectivity index (χ1n) is 6.69. The van der Waals surface area contributed by atoms with Crippen LogP contribution in [-0.4, -0.2) is 19.6 Å². The van der Waals surface area contributed by atoms with Gasteiger partial charge in [-0.2, -0.15) is 0 Å². The lowest BCUT2D eigenvalue weighted by molar-refractivity contribution is 0.549. The molecule has 2 rings (SSSR count). The average molecular weight is 232 g/mol. The van der Waals surface area contributed by atoms with Crippen LogP contribution in [0.2, 0.25) is 0 Å². The number of rotatable bonds is 4. The topological polar surface area (TPSA) is 24.1 Å². The van der Waals surface area contributed by atoms with Gasteiger partial charge in [0.25, 0.3) is 0 Å². The summed E-state index contributed by atoms with van der Waals surface area (Å²) in [4.78, 5) is 0. The molecule has 0 amide bonds. The fourth-order valence-corrected chi connectivity index (χ4v) is 2.82. The molecule has 1 aromatic carbocycles. The molecule has 2 heteroatoms. The van der Waals surface area contributed by atoms with E-state index in [1.54, 1.807) is 0 Å². The Kier molecular flexibility index (Phi) is 4.06. The van der Waals surface area contributed by atoms with Gasteiger partial charge in [-0.05, 0) is 63.7 Å². The Labute approximate surface area is 105 Å². The summed E-state index contributed by atoms with van der Waals surface area (Å²) in [7, 11) is 0. The lowest BCUT2D eigenvalue weighted by Crippen LogP contribution is -2.13. The minimum Gasteiger partial charge on any atom is -0.385 e. The first-order chi connectivity index (χ1) is 8.16. The molecule has 0 aromatic heterocycles. The van der Waals surface area contributed by atoms with Crippen molar-refractivity contribution in [3.63, 3.8) is 0 Å². The third kappa shape index (κ3) is 3.22. The molecule has 1 fully saturated rings. The summed E-state index contributed by atoms with van der Waals surface area (Å²) in [6.07, 6.45) is 2.62. The average Bonchev–Trinajstić information content (AvgIpc) is 2.74. The van der Waals surface area contributed by atoms with E-state index in [0.29, 0.717) is 0 Å². The van der Waals surface area contributed by atoms with Gasteiger partial charge in [-0.3, -0.25) is 0 Å². The number of hydrogen-bond donors (Lipinski definition) is 2. The van der Waals surface area contributed by atoms with Gasteiger partial charge in [0.1, 0.15) is 0 Å². The molecule has 2 N–H and O–H groups in total. The van der Waals surface area contributed by atoms with Crippen LogP contribution < -0.4 is 10.6 Å². The fourth-order valence-electron chi connectivity index (χ4n) is 2.82. The van der Waals surface area contributed by atoms with Gasteiger partial charge in [-0.15, -0.1) is 0 Å². The number of anilines is 1. The molecule has 1 unspecified atom stereocenters. The maximum Gasteiger partial charge on any atom is 0.0399 e. The second-order valence-corrected chi connectivity index (χ2v) is 5.35. The highest BCUT2D eigenvalue weighted by molar-refractivity contribution is 5.58. The summed E-state index contributed by atoms with van der Waals surface area (Å²) in [5.41, 5.74) is 5.42. The molecule has 0 spiro atoms. The van der Waals surface area contributed by atoms with Crippen LogP contribution in [0.5, 0.6) is 0 Å². The van der Waals surface area contributed by atoms with E-state index in [9.17, 15) is 0 Å². The summed E-state index contributed by atoms with van der Waals surface area (Å²) >= 11 is 0. The summed E-state index contributed by atoms with van der Waals surface area (Å²) in [6.45, 7) is 10.0. The molecular weight excluding hydrogens is 208 g/mol. The van der Waals surface area contributed by atoms with Gasteiger partial charge in [-0.25, -0.2) is 0 Å². The quantitative estimate of drug-likeness (QED) is 0.834. The number of aryl methyl sites for hydroxylation is 3. The predicted octanol–water partition coefficient (Wildman–Crippen LogP) is 3.02. The van der Waals surface area contributed by atoms with Crippen LogP contribution in [0.3, 0.4) is 0 Å². The molecule has 0 saturated carbocycles. The van der Waals surface area contributed by atoms with Crippen molar-refractivity contribution in [1.82, 2.24) is 5.32 Å². The first-order valence-corrected chi connectivity index (χ1v) is 6.69. The highest BCUT2D eigenvalue weighted by atomic mass is 14.9. The zero-order valence-electron chi connectivity index (χ0n) is 11.3. The maximum absolute atomic E-state index is 3.61. The van der Waals surface area contributed by atoms with Gasteiger partial charge >= 0.3 is 0 Å². The standard InChI is InChI=1S/C15H24N2/c1-11-8-12(2)15(13(3)9-11)17-7-5-14-4-6-16-10-14/h8-9,14,16-17H,4-7,10H2,1-3H3. The molecule has 17 heavy (non-hydrogen) atoms. The number of hydrogen-bond acceptors (Lipinski definition) is 2. The van der Waals surface area contributed by atoms with Crippen molar-refractivity contribution < 1.29 is 0 Å². The van der Waals surface area contributed by atoms with Gasteiger partial charge in [0, 0.05) is 12.2 Å². The summed E-state index contributed by atoms with van der Waals surface area (Å²) in [5.74, 6) is 0.869. The zero-order chi connectivity index (χ0) is 12.3. The third-order valence-electron chi connectivity index (χ3n) is 3.69. The molecule has 2 nitrogen and oxygen atoms in total. The van der Waals surface area contributed by atoms with E-state index in [-0.39, 0.29) is 0 Å². The van der Waals surface area contributed by atoms with Crippen molar-refractivity contribution in [2.45, 2.75) is 33.6 Å². The van der Waals surface area contributed by atoms with Crippen LogP contribution in [0.25, 0.3) is 0 Å². The van der Waals surface area contributed by atoms with Gasteiger partial charge < -0.3 is 10.6 Å². The predicted molar refractivity (Wildman–Crippen MR) is 74.7 cm³/mol. The van der Waals surface area contributed by atoms with Gasteiger partial charge in [-0.1, -0.05) is 17.7 Å². The van der Waals surface area contributed by atoms with Crippen molar-refractivity contribution in [1.29, 1.82) is 0 Å². The molecule has 94 valence electrons. The molecule has 1 atom stereocenters. The van der Waals surface area contributed by atoms with Crippen LogP contribution in [0, 0.1) is 26.7 Å². The highest BCUT2D eigenvalue weighted by Crippen LogP contribution is 2.22. The van der Waals surface area contributed by atoms with E-state index in [0.717, 1.165) is 12.5 Å². The lowest BCUT2D eigenvalue weighted by Gasteiger charge is -2.15. The highest BCUT2D eigenvalue weighted by Gasteiger charge is 2.13. The van der Waals surface area contributed by atoms with Crippen molar-refractivity contribution in [3.8, 4) is 0 Å². The molecule has 1 aliphatic heterocycles. The van der Waals surface area contributed by atoms with Crippen LogP contribution in [0.15, 0.2) is 12.1 Å². The SMILES string of the molecule is Cc1cc(C)c(NCCC2CCNC2)c(C)c1. The monoisotopic (exact) mass is 232 g/mol. The summed E-state index contributed by atoms with van der Waals surface area (Å²) in [6, 6.07) is 4.51. The Balaban J connectivity index is 1.89. The van der Waals surface area contributed by atoms with E-state index in [2.05, 4.69) is 43.5 Å². The fraction of sp³-hybridized carbons (Fsp3) is 0.600. The molecule has 0 radical (unpaired) electrons. The number of benzene rings is 1. The van der Waals surface area contributed by atoms with Crippen molar-refractivity contribution >= 4 is 5.69 Å². The largest absolute Gasteiger partial charge is 0.385 e. The Bertz CT molecular complexity index is 356. The Morgan fingerprint density at radius 1 is 1.24 bits per heavy atom. The van der Waals surface area contributed by atoms with Crippen LogP contribution in [0.1, 0.15) is 29.5 Å². The van der Waals surface area contributed by atoms with Crippen molar-refractivity contribution in [2.75, 3.05) is 25.0 Å². The van der Waals surface area contributed by atoms with Crippen LogP contribution in [0.4, 0.5) is 5.69 Å². The van der Waals surface area contributed by atoms with Crippen molar-refractivity contribution in [3.05, 3.63) is 28.8 Å². The Hall–Kier alpha value is -1.02.